The van der Waals surface area contributed by atoms with Crippen LogP contribution in [0, 0.1) is 0 Å². The van der Waals surface area contributed by atoms with E-state index in [-0.39, 0.29) is 16.4 Å². The number of carboxylic acids is 1. The fourth-order valence-electron chi connectivity index (χ4n) is 2.04. The third-order valence-corrected chi connectivity index (χ3v) is 4.20. The number of carboxylic acid groups (broad SMARTS) is 1. The van der Waals surface area contributed by atoms with Gasteiger partial charge < -0.3 is 5.11 Å². The molecule has 3 rings (SSSR count). The maximum Gasteiger partial charge on any atom is 0.356 e. The Balaban J connectivity index is 2.16. The number of carbonyl (C=O) groups is 2. The van der Waals surface area contributed by atoms with Crippen LogP contribution in [0.4, 0.5) is 0 Å². The Morgan fingerprint density at radius 2 is 2.05 bits per heavy atom. The lowest BCUT2D eigenvalue weighted by Gasteiger charge is -1.99. The molecule has 0 spiro atoms. The molecule has 0 amide bonds. The Bertz CT molecular complexity index is 839. The molecule has 0 atom stereocenters. The number of benzene rings is 1. The Morgan fingerprint density at radius 3 is 2.71 bits per heavy atom. The largest absolute Gasteiger partial charge is 0.476 e. The number of Topliss-reactive ketones (excluding diaryl/α,β-unsaturated/α-hetero) is 1. The molecule has 0 aliphatic heterocycles. The molecule has 0 bridgehead atoms. The summed E-state index contributed by atoms with van der Waals surface area (Å²) in [6, 6.07) is 9.31. The van der Waals surface area contributed by atoms with Crippen LogP contribution in [0.25, 0.3) is 21.5 Å². The van der Waals surface area contributed by atoms with Crippen LogP contribution in [0.3, 0.4) is 0 Å². The lowest BCUT2D eigenvalue weighted by atomic mass is 10.1. The first kappa shape index (κ1) is 13.4. The number of nitrogens with zero attached hydrogens (tertiary/aromatic N) is 2. The third kappa shape index (κ3) is 2.41. The molecule has 1 N–H and O–H groups in total. The van der Waals surface area contributed by atoms with Gasteiger partial charge in [0.05, 0.1) is 5.52 Å². The summed E-state index contributed by atoms with van der Waals surface area (Å²) in [5.74, 6) is -1.48. The molecule has 0 saturated heterocycles. The maximum atomic E-state index is 11.5. The summed E-state index contributed by atoms with van der Waals surface area (Å²) in [6.45, 7) is 1.34. The first-order valence-corrected chi connectivity index (χ1v) is 6.98. The fourth-order valence-corrected chi connectivity index (χ4v) is 2.98. The van der Waals surface area contributed by atoms with Gasteiger partial charge in [-0.1, -0.05) is 6.07 Å². The number of aromatic carboxylic acids is 1. The second-order valence-corrected chi connectivity index (χ2v) is 5.47. The minimum atomic E-state index is -1.19. The second-order valence-electron chi connectivity index (χ2n) is 4.47. The Hall–Kier alpha value is -2.60. The van der Waals surface area contributed by atoms with Gasteiger partial charge in [-0.15, -0.1) is 11.3 Å². The number of thiazole rings is 1. The fraction of sp³-hybridized carbons (Fsp3) is 0.0667. The van der Waals surface area contributed by atoms with Gasteiger partial charge in [0.2, 0.25) is 0 Å². The molecule has 104 valence electrons. The van der Waals surface area contributed by atoms with Crippen molar-refractivity contribution >= 4 is 34.0 Å². The van der Waals surface area contributed by atoms with E-state index < -0.39 is 5.97 Å². The molecule has 0 saturated carbocycles. The summed E-state index contributed by atoms with van der Waals surface area (Å²) in [5, 5.41) is 10.6. The van der Waals surface area contributed by atoms with Crippen LogP contribution in [0.5, 0.6) is 0 Å². The van der Waals surface area contributed by atoms with Crippen LogP contribution >= 0.6 is 11.3 Å². The molecule has 3 aromatic rings. The van der Waals surface area contributed by atoms with Crippen LogP contribution in [-0.4, -0.2) is 26.8 Å². The number of hydrogen-bond acceptors (Lipinski definition) is 5. The summed E-state index contributed by atoms with van der Waals surface area (Å²) in [4.78, 5) is 31.2. The minimum absolute atomic E-state index is 0.170. The van der Waals surface area contributed by atoms with Gasteiger partial charge in [0.25, 0.3) is 0 Å². The molecule has 21 heavy (non-hydrogen) atoms. The molecule has 0 unspecified atom stereocenters. The second kappa shape index (κ2) is 5.06. The van der Waals surface area contributed by atoms with Crippen LogP contribution in [0.1, 0.15) is 27.1 Å². The van der Waals surface area contributed by atoms with Crippen molar-refractivity contribution in [2.75, 3.05) is 0 Å². The quantitative estimate of drug-likeness (QED) is 0.751. The minimum Gasteiger partial charge on any atom is -0.476 e. The van der Waals surface area contributed by atoms with Gasteiger partial charge in [0, 0.05) is 24.1 Å². The van der Waals surface area contributed by atoms with Gasteiger partial charge in [-0.25, -0.2) is 9.78 Å². The summed E-state index contributed by atoms with van der Waals surface area (Å²) < 4.78 is 0. The first-order valence-electron chi connectivity index (χ1n) is 6.16. The molecule has 1 aromatic carbocycles. The van der Waals surface area contributed by atoms with Crippen molar-refractivity contribution in [2.45, 2.75) is 6.92 Å². The van der Waals surface area contributed by atoms with E-state index in [1.165, 1.54) is 6.92 Å². The van der Waals surface area contributed by atoms with E-state index in [1.54, 1.807) is 6.20 Å². The molecule has 0 aliphatic rings. The van der Waals surface area contributed by atoms with E-state index in [0.29, 0.717) is 5.01 Å². The van der Waals surface area contributed by atoms with E-state index in [2.05, 4.69) is 9.97 Å². The van der Waals surface area contributed by atoms with Gasteiger partial charge in [0.15, 0.2) is 11.5 Å². The average Bonchev–Trinajstić information content (AvgIpc) is 2.92. The SMILES string of the molecule is CC(=O)c1sc(-c2ccc3ncccc3c2)nc1C(=O)O. The van der Waals surface area contributed by atoms with E-state index in [4.69, 9.17) is 5.11 Å². The highest BCUT2D eigenvalue weighted by Crippen LogP contribution is 2.30. The molecule has 0 fully saturated rings. The summed E-state index contributed by atoms with van der Waals surface area (Å²) in [7, 11) is 0. The number of hydrogen-bond donors (Lipinski definition) is 1. The Labute approximate surface area is 123 Å². The van der Waals surface area contributed by atoms with Crippen molar-refractivity contribution in [2.24, 2.45) is 0 Å². The summed E-state index contributed by atoms with van der Waals surface area (Å²) in [6.07, 6.45) is 1.71. The van der Waals surface area contributed by atoms with Crippen molar-refractivity contribution in [3.8, 4) is 10.6 Å². The first-order chi connectivity index (χ1) is 10.1. The zero-order chi connectivity index (χ0) is 15.0. The average molecular weight is 298 g/mol. The molecule has 6 heteroatoms. The standard InChI is InChI=1S/C15H10N2O3S/c1-8(18)13-12(15(19)20)17-14(21-13)10-4-5-11-9(7-10)3-2-6-16-11/h2-7H,1H3,(H,19,20). The molecular formula is C15H10N2O3S. The summed E-state index contributed by atoms with van der Waals surface area (Å²) >= 11 is 1.10. The van der Waals surface area contributed by atoms with Gasteiger partial charge in [-0.05, 0) is 24.3 Å². The van der Waals surface area contributed by atoms with Crippen LogP contribution in [-0.2, 0) is 0 Å². The number of fused-ring (bicyclic) bond motifs is 1. The molecule has 0 radical (unpaired) electrons. The zero-order valence-corrected chi connectivity index (χ0v) is 11.8. The van der Waals surface area contributed by atoms with Gasteiger partial charge in [0.1, 0.15) is 9.88 Å². The van der Waals surface area contributed by atoms with Gasteiger partial charge in [-0.2, -0.15) is 0 Å². The highest BCUT2D eigenvalue weighted by Gasteiger charge is 2.21. The van der Waals surface area contributed by atoms with Crippen molar-refractivity contribution in [3.63, 3.8) is 0 Å². The van der Waals surface area contributed by atoms with E-state index >= 15 is 0 Å². The van der Waals surface area contributed by atoms with Crippen molar-refractivity contribution in [1.29, 1.82) is 0 Å². The van der Waals surface area contributed by atoms with Crippen molar-refractivity contribution < 1.29 is 14.7 Å². The monoisotopic (exact) mass is 298 g/mol. The van der Waals surface area contributed by atoms with E-state index in [1.807, 2.05) is 30.3 Å². The topological polar surface area (TPSA) is 80.2 Å². The zero-order valence-electron chi connectivity index (χ0n) is 11.0. The molecular weight excluding hydrogens is 288 g/mol. The molecule has 5 nitrogen and oxygen atoms in total. The smallest absolute Gasteiger partial charge is 0.356 e. The van der Waals surface area contributed by atoms with Crippen molar-refractivity contribution in [1.82, 2.24) is 9.97 Å². The Morgan fingerprint density at radius 1 is 1.24 bits per heavy atom. The number of carbonyl (C=O) groups excluding carboxylic acids is 1. The molecule has 0 aliphatic carbocycles. The van der Waals surface area contributed by atoms with Crippen molar-refractivity contribution in [3.05, 3.63) is 47.1 Å². The predicted molar refractivity (Wildman–Crippen MR) is 79.8 cm³/mol. The highest BCUT2D eigenvalue weighted by molar-refractivity contribution is 7.17. The normalized spacial score (nSPS) is 10.7. The lowest BCUT2D eigenvalue weighted by Crippen LogP contribution is -2.03. The van der Waals surface area contributed by atoms with Crippen LogP contribution in [0.2, 0.25) is 0 Å². The van der Waals surface area contributed by atoms with Crippen LogP contribution in [0.15, 0.2) is 36.5 Å². The molecule has 2 heterocycles. The predicted octanol–water partition coefficient (Wildman–Crippen LogP) is 3.26. The van der Waals surface area contributed by atoms with Crippen LogP contribution < -0.4 is 0 Å². The number of ketones is 1. The molecule has 2 aromatic heterocycles. The summed E-state index contributed by atoms with van der Waals surface area (Å²) in [5.41, 5.74) is 1.44. The maximum absolute atomic E-state index is 11.5. The number of aromatic nitrogens is 2. The number of rotatable bonds is 3. The van der Waals surface area contributed by atoms with Gasteiger partial charge in [-0.3, -0.25) is 9.78 Å². The lowest BCUT2D eigenvalue weighted by molar-refractivity contribution is 0.0687. The number of pyridine rings is 1. The third-order valence-electron chi connectivity index (χ3n) is 3.00. The highest BCUT2D eigenvalue weighted by atomic mass is 32.1. The van der Waals surface area contributed by atoms with Gasteiger partial charge >= 0.3 is 5.97 Å². The van der Waals surface area contributed by atoms with E-state index in [0.717, 1.165) is 27.8 Å². The van der Waals surface area contributed by atoms with E-state index in [9.17, 15) is 9.59 Å². The Kier molecular flexibility index (Phi) is 3.23.